The predicted octanol–water partition coefficient (Wildman–Crippen LogP) is 8.68. The molecule has 0 radical (unpaired) electrons. The number of fused-ring (bicyclic) bond motifs is 1. The molecule has 36 heavy (non-hydrogen) atoms. The summed E-state index contributed by atoms with van der Waals surface area (Å²) in [6, 6.07) is 29.6. The summed E-state index contributed by atoms with van der Waals surface area (Å²) in [7, 11) is 0.799. The quantitative estimate of drug-likeness (QED) is 0.179. The lowest BCUT2D eigenvalue weighted by Crippen LogP contribution is -2.45. The molecule has 0 spiro atoms. The highest BCUT2D eigenvalue weighted by Crippen LogP contribution is 2.41. The maximum atomic E-state index is 2.54. The van der Waals surface area contributed by atoms with E-state index in [4.69, 9.17) is 0 Å². The molecule has 0 saturated heterocycles. The molecule has 186 valence electrons. The summed E-state index contributed by atoms with van der Waals surface area (Å²) in [5, 5.41) is 4.39. The smallest absolute Gasteiger partial charge is 0.200 e. The van der Waals surface area contributed by atoms with Gasteiger partial charge in [0.1, 0.15) is 7.05 Å². The van der Waals surface area contributed by atoms with Crippen molar-refractivity contribution in [2.45, 2.75) is 77.4 Å². The van der Waals surface area contributed by atoms with E-state index in [0.717, 1.165) is 0 Å². The van der Waals surface area contributed by atoms with Crippen molar-refractivity contribution in [3.63, 3.8) is 0 Å². The van der Waals surface area contributed by atoms with E-state index >= 15 is 0 Å². The molecule has 1 aromatic heterocycles. The molecule has 1 fully saturated rings. The Bertz CT molecular complexity index is 1350. The Hall–Kier alpha value is -2.71. The summed E-state index contributed by atoms with van der Waals surface area (Å²) >= 11 is 0. The molecular formula is C34H42NSi+. The zero-order chi connectivity index (χ0) is 25.3. The lowest BCUT2D eigenvalue weighted by atomic mass is 9.85. The van der Waals surface area contributed by atoms with Crippen LogP contribution >= 0.6 is 0 Å². The van der Waals surface area contributed by atoms with E-state index in [1.54, 1.807) is 10.8 Å². The van der Waals surface area contributed by atoms with Gasteiger partial charge in [0.2, 0.25) is 5.69 Å². The topological polar surface area (TPSA) is 3.88 Å². The molecule has 1 aliphatic rings. The minimum atomic E-state index is -1.42. The second kappa shape index (κ2) is 10.3. The number of aryl methyl sites for hydroxylation is 1. The lowest BCUT2D eigenvalue weighted by molar-refractivity contribution is -0.659. The van der Waals surface area contributed by atoms with Gasteiger partial charge in [0.05, 0.1) is 19.0 Å². The third kappa shape index (κ3) is 4.34. The van der Waals surface area contributed by atoms with Crippen LogP contribution in [0.15, 0.2) is 72.9 Å². The van der Waals surface area contributed by atoms with E-state index in [2.05, 4.69) is 112 Å². The van der Waals surface area contributed by atoms with Gasteiger partial charge in [0, 0.05) is 6.07 Å². The first-order valence-electron chi connectivity index (χ1n) is 14.1. The molecule has 3 aromatic carbocycles. The highest BCUT2D eigenvalue weighted by Gasteiger charge is 2.30. The van der Waals surface area contributed by atoms with Crippen molar-refractivity contribution >= 4 is 24.0 Å². The molecule has 2 heteroatoms. The Morgan fingerprint density at radius 3 is 2.17 bits per heavy atom. The van der Waals surface area contributed by atoms with E-state index < -0.39 is 8.07 Å². The van der Waals surface area contributed by atoms with Crippen molar-refractivity contribution < 1.29 is 4.57 Å². The van der Waals surface area contributed by atoms with Crippen molar-refractivity contribution in [2.24, 2.45) is 7.05 Å². The molecule has 1 aliphatic carbocycles. The third-order valence-electron chi connectivity index (χ3n) is 9.38. The number of pyridine rings is 1. The SMILES string of the molecule is CC[Si](CC)(CC)c1ccc2c(-c3cc(-c4ccccc4)cc(C4CCCC4)c3C)[n+](C)ccc2c1. The van der Waals surface area contributed by atoms with Gasteiger partial charge in [-0.05, 0) is 65.5 Å². The molecule has 0 unspecified atom stereocenters. The van der Waals surface area contributed by atoms with Gasteiger partial charge in [0.25, 0.3) is 0 Å². The summed E-state index contributed by atoms with van der Waals surface area (Å²) in [5.41, 5.74) is 8.43. The normalized spacial score (nSPS) is 14.6. The largest absolute Gasteiger partial charge is 0.220 e. The zero-order valence-corrected chi connectivity index (χ0v) is 23.9. The summed E-state index contributed by atoms with van der Waals surface area (Å²) in [6.45, 7) is 9.59. The number of rotatable bonds is 7. The summed E-state index contributed by atoms with van der Waals surface area (Å²) in [5.74, 6) is 0.685. The Morgan fingerprint density at radius 1 is 0.806 bits per heavy atom. The van der Waals surface area contributed by atoms with Crippen LogP contribution in [0.3, 0.4) is 0 Å². The Kier molecular flexibility index (Phi) is 7.17. The second-order valence-electron chi connectivity index (χ2n) is 11.0. The number of aromatic nitrogens is 1. The van der Waals surface area contributed by atoms with Crippen LogP contribution in [0.5, 0.6) is 0 Å². The molecule has 4 aromatic rings. The molecule has 5 rings (SSSR count). The monoisotopic (exact) mass is 492 g/mol. The molecule has 1 saturated carbocycles. The standard InChI is InChI=1S/C34H42NSi/c1-6-36(7-2,8-3)30-18-19-31-28(22-30)20-21-35(5)34(31)33-24-29(26-14-10-9-11-15-26)23-32(25(33)4)27-16-12-13-17-27/h9-11,14-15,18-24,27H,6-8,12-13,16-17H2,1-5H3/q+1. The number of hydrogen-bond acceptors (Lipinski definition) is 0. The molecular weight excluding hydrogens is 450 g/mol. The van der Waals surface area contributed by atoms with E-state index in [9.17, 15) is 0 Å². The number of nitrogens with zero attached hydrogens (tertiary/aromatic N) is 1. The molecule has 0 amide bonds. The van der Waals surface area contributed by atoms with Gasteiger partial charge in [-0.25, -0.2) is 4.57 Å². The number of hydrogen-bond donors (Lipinski definition) is 0. The van der Waals surface area contributed by atoms with Crippen molar-refractivity contribution in [3.8, 4) is 22.4 Å². The minimum absolute atomic E-state index is 0.685. The fourth-order valence-electron chi connectivity index (χ4n) is 6.84. The van der Waals surface area contributed by atoms with Crippen molar-refractivity contribution in [1.82, 2.24) is 0 Å². The fourth-order valence-corrected chi connectivity index (χ4v) is 10.5. The average molecular weight is 493 g/mol. The maximum Gasteiger partial charge on any atom is 0.220 e. The van der Waals surface area contributed by atoms with Crippen LogP contribution in [0.4, 0.5) is 0 Å². The average Bonchev–Trinajstić information content (AvgIpc) is 3.46. The zero-order valence-electron chi connectivity index (χ0n) is 22.9. The minimum Gasteiger partial charge on any atom is -0.200 e. The lowest BCUT2D eigenvalue weighted by Gasteiger charge is -2.29. The van der Waals surface area contributed by atoms with Crippen molar-refractivity contribution in [3.05, 3.63) is 84.1 Å². The van der Waals surface area contributed by atoms with Crippen LogP contribution in [-0.4, -0.2) is 8.07 Å². The van der Waals surface area contributed by atoms with Gasteiger partial charge in [-0.3, -0.25) is 0 Å². The van der Waals surface area contributed by atoms with Crippen molar-refractivity contribution in [1.29, 1.82) is 0 Å². The molecule has 0 aliphatic heterocycles. The van der Waals surface area contributed by atoms with Gasteiger partial charge < -0.3 is 0 Å². The summed E-state index contributed by atoms with van der Waals surface area (Å²) < 4.78 is 2.35. The first-order chi connectivity index (χ1) is 17.5. The molecule has 1 nitrogen and oxygen atoms in total. The summed E-state index contributed by atoms with van der Waals surface area (Å²) in [4.78, 5) is 0. The highest BCUT2D eigenvalue weighted by atomic mass is 28.3. The van der Waals surface area contributed by atoms with E-state index in [1.165, 1.54) is 82.5 Å². The van der Waals surface area contributed by atoms with Gasteiger partial charge in [-0.15, -0.1) is 0 Å². The molecule has 0 N–H and O–H groups in total. The van der Waals surface area contributed by atoms with E-state index in [0.29, 0.717) is 5.92 Å². The summed E-state index contributed by atoms with van der Waals surface area (Å²) in [6.07, 6.45) is 7.64. The number of benzene rings is 3. The van der Waals surface area contributed by atoms with Gasteiger partial charge in [-0.2, -0.15) is 0 Å². The highest BCUT2D eigenvalue weighted by molar-refractivity contribution is 6.91. The third-order valence-corrected chi connectivity index (χ3v) is 15.0. The van der Waals surface area contributed by atoms with Crippen molar-refractivity contribution in [2.75, 3.05) is 0 Å². The Morgan fingerprint density at radius 2 is 1.50 bits per heavy atom. The first-order valence-corrected chi connectivity index (χ1v) is 16.8. The molecule has 1 heterocycles. The van der Waals surface area contributed by atoms with Crippen LogP contribution in [0, 0.1) is 6.92 Å². The Balaban J connectivity index is 1.75. The second-order valence-corrected chi connectivity index (χ2v) is 16.3. The fraction of sp³-hybridized carbons (Fsp3) is 0.382. The van der Waals surface area contributed by atoms with Gasteiger partial charge in [-0.1, -0.05) is 105 Å². The van der Waals surface area contributed by atoms with Crippen LogP contribution in [0.2, 0.25) is 18.1 Å². The molecule has 0 atom stereocenters. The van der Waals surface area contributed by atoms with Crippen LogP contribution in [0.25, 0.3) is 33.2 Å². The predicted molar refractivity (Wildman–Crippen MR) is 159 cm³/mol. The van der Waals surface area contributed by atoms with Gasteiger partial charge >= 0.3 is 0 Å². The maximum absolute atomic E-state index is 2.54. The van der Waals surface area contributed by atoms with E-state index in [1.807, 2.05) is 0 Å². The Labute approximate surface area is 219 Å². The van der Waals surface area contributed by atoms with E-state index in [-0.39, 0.29) is 0 Å². The first kappa shape index (κ1) is 25.0. The van der Waals surface area contributed by atoms with Crippen LogP contribution < -0.4 is 9.75 Å². The van der Waals surface area contributed by atoms with Crippen LogP contribution in [-0.2, 0) is 7.05 Å². The van der Waals surface area contributed by atoms with Crippen LogP contribution in [0.1, 0.15) is 63.5 Å². The van der Waals surface area contributed by atoms with Gasteiger partial charge in [0.15, 0.2) is 6.20 Å². The molecule has 0 bridgehead atoms.